The van der Waals surface area contributed by atoms with Crippen LogP contribution >= 0.6 is 0 Å². The maximum atomic E-state index is 12.7. The summed E-state index contributed by atoms with van der Waals surface area (Å²) >= 11 is 0. The van der Waals surface area contributed by atoms with Crippen molar-refractivity contribution >= 4 is 11.6 Å². The number of nitrogens with two attached hydrogens (primary N) is 1. The topological polar surface area (TPSA) is 64.4 Å². The number of rotatable bonds is 2. The highest BCUT2D eigenvalue weighted by Crippen LogP contribution is 2.34. The summed E-state index contributed by atoms with van der Waals surface area (Å²) in [6, 6.07) is 3.11. The van der Waals surface area contributed by atoms with E-state index >= 15 is 0 Å². The van der Waals surface area contributed by atoms with E-state index in [2.05, 4.69) is 5.32 Å². The third-order valence-electron chi connectivity index (χ3n) is 3.18. The smallest absolute Gasteiger partial charge is 0.398 e. The minimum Gasteiger partial charge on any atom is -0.398 e. The lowest BCUT2D eigenvalue weighted by Crippen LogP contribution is -2.39. The lowest BCUT2D eigenvalue weighted by Gasteiger charge is -2.23. The van der Waals surface area contributed by atoms with Crippen molar-refractivity contribution in [1.82, 2.24) is 5.32 Å². The average Bonchev–Trinajstić information content (AvgIpc) is 2.39. The van der Waals surface area contributed by atoms with E-state index in [0.29, 0.717) is 26.1 Å². The van der Waals surface area contributed by atoms with Gasteiger partial charge >= 0.3 is 6.18 Å². The van der Waals surface area contributed by atoms with Gasteiger partial charge in [-0.05, 0) is 31.0 Å². The summed E-state index contributed by atoms with van der Waals surface area (Å²) in [6.45, 7) is 1.08. The van der Waals surface area contributed by atoms with Gasteiger partial charge < -0.3 is 15.8 Å². The molecule has 0 aliphatic carbocycles. The average molecular weight is 288 g/mol. The zero-order valence-corrected chi connectivity index (χ0v) is 10.7. The first-order valence-corrected chi connectivity index (χ1v) is 6.23. The molecule has 0 radical (unpaired) electrons. The van der Waals surface area contributed by atoms with Gasteiger partial charge in [-0.1, -0.05) is 0 Å². The minimum absolute atomic E-state index is 0.0435. The van der Waals surface area contributed by atoms with Crippen LogP contribution in [-0.2, 0) is 10.9 Å². The number of nitrogen functional groups attached to an aromatic ring is 1. The van der Waals surface area contributed by atoms with Gasteiger partial charge in [0.1, 0.15) is 0 Å². The van der Waals surface area contributed by atoms with Crippen LogP contribution in [0.2, 0.25) is 0 Å². The number of nitrogens with one attached hydrogen (secondary N) is 1. The number of carbonyl (C=O) groups excluding carboxylic acids is 1. The lowest BCUT2D eigenvalue weighted by molar-refractivity contribution is -0.136. The monoisotopic (exact) mass is 288 g/mol. The SMILES string of the molecule is Nc1ccc(C(=O)NC2CCOCC2)cc1C(F)(F)F. The molecule has 1 aliphatic rings. The molecule has 0 saturated carbocycles. The minimum atomic E-state index is -4.57. The van der Waals surface area contributed by atoms with Gasteiger partial charge in [0.25, 0.3) is 5.91 Å². The molecule has 0 aromatic heterocycles. The molecule has 0 bridgehead atoms. The molecule has 1 aliphatic heterocycles. The zero-order valence-electron chi connectivity index (χ0n) is 10.7. The second-order valence-electron chi connectivity index (χ2n) is 4.66. The van der Waals surface area contributed by atoms with E-state index in [4.69, 9.17) is 10.5 Å². The summed E-state index contributed by atoms with van der Waals surface area (Å²) < 4.78 is 43.3. The summed E-state index contributed by atoms with van der Waals surface area (Å²) in [5.41, 5.74) is 3.87. The van der Waals surface area contributed by atoms with Gasteiger partial charge in [-0.15, -0.1) is 0 Å². The molecule has 2 rings (SSSR count). The Kier molecular flexibility index (Phi) is 4.17. The number of hydrogen-bond acceptors (Lipinski definition) is 3. The van der Waals surface area contributed by atoms with E-state index in [0.717, 1.165) is 12.1 Å². The van der Waals surface area contributed by atoms with Crippen LogP contribution in [0.15, 0.2) is 18.2 Å². The Morgan fingerprint density at radius 1 is 1.30 bits per heavy atom. The molecule has 110 valence electrons. The first-order valence-electron chi connectivity index (χ1n) is 6.23. The van der Waals surface area contributed by atoms with E-state index in [1.165, 1.54) is 6.07 Å². The van der Waals surface area contributed by atoms with Crippen molar-refractivity contribution in [2.24, 2.45) is 0 Å². The maximum Gasteiger partial charge on any atom is 0.418 e. The van der Waals surface area contributed by atoms with Crippen molar-refractivity contribution in [3.8, 4) is 0 Å². The van der Waals surface area contributed by atoms with Gasteiger partial charge in [0.05, 0.1) is 5.56 Å². The summed E-state index contributed by atoms with van der Waals surface area (Å²) in [6.07, 6.45) is -3.25. The molecule has 1 heterocycles. The summed E-state index contributed by atoms with van der Waals surface area (Å²) in [7, 11) is 0. The van der Waals surface area contributed by atoms with Crippen LogP contribution in [0.25, 0.3) is 0 Å². The van der Waals surface area contributed by atoms with Crippen LogP contribution < -0.4 is 11.1 Å². The highest BCUT2D eigenvalue weighted by Gasteiger charge is 2.33. The van der Waals surface area contributed by atoms with E-state index < -0.39 is 17.6 Å². The van der Waals surface area contributed by atoms with Crippen molar-refractivity contribution in [2.45, 2.75) is 25.1 Å². The molecule has 1 aromatic rings. The normalized spacial score (nSPS) is 16.9. The number of ether oxygens (including phenoxy) is 1. The van der Waals surface area contributed by atoms with Gasteiger partial charge in [0.2, 0.25) is 0 Å². The molecule has 20 heavy (non-hydrogen) atoms. The molecule has 1 fully saturated rings. The second-order valence-corrected chi connectivity index (χ2v) is 4.66. The largest absolute Gasteiger partial charge is 0.418 e. The number of alkyl halides is 3. The van der Waals surface area contributed by atoms with Gasteiger partial charge in [-0.3, -0.25) is 4.79 Å². The molecular weight excluding hydrogens is 273 g/mol. The maximum absolute atomic E-state index is 12.7. The molecular formula is C13H15F3N2O2. The number of anilines is 1. The quantitative estimate of drug-likeness (QED) is 0.820. The standard InChI is InChI=1S/C13H15F3N2O2/c14-13(15,16)10-7-8(1-2-11(10)17)12(19)18-9-3-5-20-6-4-9/h1-2,7,9H,3-6,17H2,(H,18,19). The lowest BCUT2D eigenvalue weighted by atomic mass is 10.1. The first kappa shape index (κ1) is 14.6. The molecule has 0 atom stereocenters. The van der Waals surface area contributed by atoms with Gasteiger partial charge in [0.15, 0.2) is 0 Å². The Morgan fingerprint density at radius 2 is 1.95 bits per heavy atom. The molecule has 0 spiro atoms. The fourth-order valence-electron chi connectivity index (χ4n) is 2.05. The van der Waals surface area contributed by atoms with Crippen LogP contribution in [-0.4, -0.2) is 25.2 Å². The van der Waals surface area contributed by atoms with E-state index in [1.54, 1.807) is 0 Å². The highest BCUT2D eigenvalue weighted by molar-refractivity contribution is 5.95. The van der Waals surface area contributed by atoms with Gasteiger partial charge in [-0.25, -0.2) is 0 Å². The molecule has 7 heteroatoms. The Morgan fingerprint density at radius 3 is 2.55 bits per heavy atom. The fraction of sp³-hybridized carbons (Fsp3) is 0.462. The summed E-state index contributed by atoms with van der Waals surface area (Å²) in [5, 5.41) is 2.71. The predicted molar refractivity (Wildman–Crippen MR) is 67.2 cm³/mol. The zero-order chi connectivity index (χ0) is 14.8. The fourth-order valence-corrected chi connectivity index (χ4v) is 2.05. The second kappa shape index (κ2) is 5.70. The summed E-state index contributed by atoms with van der Waals surface area (Å²) in [4.78, 5) is 11.9. The molecule has 1 amide bonds. The van der Waals surface area contributed by atoms with E-state index in [1.807, 2.05) is 0 Å². The van der Waals surface area contributed by atoms with Crippen molar-refractivity contribution < 1.29 is 22.7 Å². The van der Waals surface area contributed by atoms with Crippen LogP contribution in [0.1, 0.15) is 28.8 Å². The van der Waals surface area contributed by atoms with Crippen LogP contribution in [0.3, 0.4) is 0 Å². The van der Waals surface area contributed by atoms with Crippen LogP contribution in [0.4, 0.5) is 18.9 Å². The third-order valence-corrected chi connectivity index (χ3v) is 3.18. The molecule has 1 saturated heterocycles. The van der Waals surface area contributed by atoms with E-state index in [9.17, 15) is 18.0 Å². The Balaban J connectivity index is 2.13. The highest BCUT2D eigenvalue weighted by atomic mass is 19.4. The summed E-state index contributed by atoms with van der Waals surface area (Å²) in [5.74, 6) is -0.526. The van der Waals surface area contributed by atoms with Crippen LogP contribution in [0.5, 0.6) is 0 Å². The number of benzene rings is 1. The predicted octanol–water partition coefficient (Wildman–Crippen LogP) is 2.20. The molecule has 3 N–H and O–H groups in total. The van der Waals surface area contributed by atoms with E-state index in [-0.39, 0.29) is 17.3 Å². The Hall–Kier alpha value is -1.76. The van der Waals surface area contributed by atoms with Crippen molar-refractivity contribution in [3.63, 3.8) is 0 Å². The third kappa shape index (κ3) is 3.41. The van der Waals surface area contributed by atoms with Gasteiger partial charge in [-0.2, -0.15) is 13.2 Å². The number of amides is 1. The van der Waals surface area contributed by atoms with Crippen LogP contribution in [0, 0.1) is 0 Å². The van der Waals surface area contributed by atoms with Crippen molar-refractivity contribution in [2.75, 3.05) is 18.9 Å². The van der Waals surface area contributed by atoms with Gasteiger partial charge in [0, 0.05) is 30.5 Å². The Labute approximate surface area is 114 Å². The molecule has 4 nitrogen and oxygen atoms in total. The number of carbonyl (C=O) groups is 1. The van der Waals surface area contributed by atoms with Crippen molar-refractivity contribution in [3.05, 3.63) is 29.3 Å². The first-order chi connectivity index (χ1) is 9.38. The van der Waals surface area contributed by atoms with Crippen molar-refractivity contribution in [1.29, 1.82) is 0 Å². The number of halogens is 3. The Bertz CT molecular complexity index is 497. The molecule has 0 unspecified atom stereocenters. The number of hydrogen-bond donors (Lipinski definition) is 2. The molecule has 1 aromatic carbocycles.